The number of carbonyl (C=O) groups excluding carboxylic acids is 6. The predicted octanol–water partition coefficient (Wildman–Crippen LogP) is 10.4. The van der Waals surface area contributed by atoms with E-state index in [2.05, 4.69) is 41.2 Å². The molecule has 3 fully saturated rings. The highest BCUT2D eigenvalue weighted by Gasteiger charge is 2.35. The Bertz CT molecular complexity index is 2660. The van der Waals surface area contributed by atoms with Crippen molar-refractivity contribution in [1.29, 1.82) is 0 Å². The van der Waals surface area contributed by atoms with Crippen molar-refractivity contribution in [1.82, 2.24) is 40.0 Å². The van der Waals surface area contributed by atoms with Gasteiger partial charge >= 0.3 is 0 Å². The number of unbranched alkanes of at least 4 members (excludes halogenated alkanes) is 5. The molecular formula is C71H108N8O9. The van der Waals surface area contributed by atoms with Crippen LogP contribution in [0.1, 0.15) is 144 Å². The Balaban J connectivity index is 0.000000287. The Kier molecular flexibility index (Phi) is 32.1. The van der Waals surface area contributed by atoms with Gasteiger partial charge in [-0.05, 0) is 97.0 Å². The number of benzene rings is 3. The summed E-state index contributed by atoms with van der Waals surface area (Å²) in [5.41, 5.74) is 1.97. The van der Waals surface area contributed by atoms with Crippen LogP contribution in [0.2, 0.25) is 0 Å². The fourth-order valence-corrected chi connectivity index (χ4v) is 9.80. The molecule has 0 aromatic heterocycles. The molecule has 0 atom stereocenters. The molecule has 3 saturated heterocycles. The zero-order chi connectivity index (χ0) is 64.5. The highest BCUT2D eigenvalue weighted by molar-refractivity contribution is 5.93. The van der Waals surface area contributed by atoms with E-state index < -0.39 is 0 Å². The number of nitrogens with zero attached hydrogens (tertiary/aromatic N) is 6. The minimum absolute atomic E-state index is 0.0160. The molecule has 6 amide bonds. The van der Waals surface area contributed by atoms with Gasteiger partial charge in [-0.3, -0.25) is 38.6 Å². The van der Waals surface area contributed by atoms with E-state index >= 15 is 0 Å². The second-order valence-corrected chi connectivity index (χ2v) is 24.9. The van der Waals surface area contributed by atoms with Crippen molar-refractivity contribution in [3.05, 3.63) is 108 Å². The van der Waals surface area contributed by atoms with Crippen LogP contribution in [0.3, 0.4) is 0 Å². The third-order valence-electron chi connectivity index (χ3n) is 17.2. The molecule has 0 saturated carbocycles. The van der Waals surface area contributed by atoms with Crippen LogP contribution in [0.15, 0.2) is 91.0 Å². The van der Waals surface area contributed by atoms with Crippen molar-refractivity contribution in [2.24, 2.45) is 16.2 Å². The zero-order valence-electron chi connectivity index (χ0n) is 55.6. The van der Waals surface area contributed by atoms with Crippen molar-refractivity contribution >= 4 is 53.7 Å². The van der Waals surface area contributed by atoms with Crippen molar-refractivity contribution < 1.29 is 43.0 Å². The fraction of sp³-hybridized carbons (Fsp3) is 0.577. The quantitative estimate of drug-likeness (QED) is 0.0523. The number of hydrogen-bond donors (Lipinski definition) is 2. The van der Waals surface area contributed by atoms with Gasteiger partial charge in [-0.1, -0.05) is 138 Å². The lowest BCUT2D eigenvalue weighted by Gasteiger charge is -2.38. The molecule has 486 valence electrons. The molecule has 3 heterocycles. The molecule has 0 spiro atoms. The van der Waals surface area contributed by atoms with Crippen LogP contribution >= 0.6 is 0 Å². The van der Waals surface area contributed by atoms with Crippen molar-refractivity contribution in [2.75, 3.05) is 126 Å². The summed E-state index contributed by atoms with van der Waals surface area (Å²) >= 11 is 0. The molecule has 2 N–H and O–H groups in total. The minimum atomic E-state index is -0.333. The maximum atomic E-state index is 12.6. The monoisotopic (exact) mass is 1220 g/mol. The van der Waals surface area contributed by atoms with Crippen molar-refractivity contribution in [3.63, 3.8) is 0 Å². The predicted molar refractivity (Wildman–Crippen MR) is 356 cm³/mol. The van der Waals surface area contributed by atoms with Gasteiger partial charge in [-0.15, -0.1) is 0 Å². The van der Waals surface area contributed by atoms with E-state index in [0.29, 0.717) is 39.3 Å². The van der Waals surface area contributed by atoms with E-state index in [1.54, 1.807) is 49.5 Å². The van der Waals surface area contributed by atoms with Gasteiger partial charge in [0.05, 0.1) is 20.8 Å². The van der Waals surface area contributed by atoms with E-state index in [9.17, 15) is 28.8 Å². The van der Waals surface area contributed by atoms with Crippen molar-refractivity contribution in [3.8, 4) is 17.2 Å². The Morgan fingerprint density at radius 1 is 0.420 bits per heavy atom. The summed E-state index contributed by atoms with van der Waals surface area (Å²) in [5.74, 6) is 2.91. The van der Waals surface area contributed by atoms with E-state index in [1.807, 2.05) is 142 Å². The largest absolute Gasteiger partial charge is 0.497 e. The third kappa shape index (κ3) is 26.0. The van der Waals surface area contributed by atoms with Crippen LogP contribution in [0.5, 0.6) is 17.2 Å². The third-order valence-corrected chi connectivity index (χ3v) is 17.2. The number of methoxy groups -OCH3 is 2. The molecule has 17 nitrogen and oxygen atoms in total. The van der Waals surface area contributed by atoms with Gasteiger partial charge in [0.1, 0.15) is 17.2 Å². The van der Waals surface area contributed by atoms with Crippen LogP contribution in [0.4, 0.5) is 0 Å². The van der Waals surface area contributed by atoms with E-state index in [1.165, 1.54) is 32.1 Å². The lowest BCUT2D eigenvalue weighted by atomic mass is 9.88. The van der Waals surface area contributed by atoms with E-state index in [-0.39, 0.29) is 51.7 Å². The number of piperazine rings is 3. The van der Waals surface area contributed by atoms with Crippen LogP contribution in [-0.2, 0) is 28.8 Å². The van der Waals surface area contributed by atoms with Gasteiger partial charge in [0.2, 0.25) is 35.4 Å². The topological polar surface area (TPSA) is 174 Å². The van der Waals surface area contributed by atoms with Gasteiger partial charge in [0, 0.05) is 139 Å². The molecule has 88 heavy (non-hydrogen) atoms. The lowest BCUT2D eigenvalue weighted by molar-refractivity contribution is -0.144. The second kappa shape index (κ2) is 38.4. The van der Waals surface area contributed by atoms with Gasteiger partial charge in [-0.25, -0.2) is 0 Å². The average molecular weight is 1220 g/mol. The first kappa shape index (κ1) is 73.5. The SMILES string of the molecule is CCC(C)(C)C(=O)N1CCN(C(=O)/C=C/c2ccc(OC)cc2)CC1.CCC(C)(C)C(=O)N1CCN(CCNC(=O)/C=C/c2ccc(OC)cc2)CC1.CCCCCCCCOc1ccc(/C=C/C(=O)NCCN2CCN(C(=O)C(C)(C)CC)CC2)cc1. The summed E-state index contributed by atoms with van der Waals surface area (Å²) in [6.45, 7) is 32.7. The molecule has 6 rings (SSSR count). The summed E-state index contributed by atoms with van der Waals surface area (Å²) in [6.07, 6.45) is 20.2. The summed E-state index contributed by atoms with van der Waals surface area (Å²) in [4.78, 5) is 86.3. The van der Waals surface area contributed by atoms with Gasteiger partial charge < -0.3 is 44.4 Å². The molecular weight excluding hydrogens is 1110 g/mol. The maximum Gasteiger partial charge on any atom is 0.246 e. The molecule has 3 aliphatic heterocycles. The lowest BCUT2D eigenvalue weighted by Crippen LogP contribution is -2.53. The van der Waals surface area contributed by atoms with E-state index in [0.717, 1.165) is 132 Å². The second-order valence-electron chi connectivity index (χ2n) is 24.9. The summed E-state index contributed by atoms with van der Waals surface area (Å²) in [6, 6.07) is 23.0. The minimum Gasteiger partial charge on any atom is -0.497 e. The van der Waals surface area contributed by atoms with E-state index in [4.69, 9.17) is 14.2 Å². The maximum absolute atomic E-state index is 12.6. The summed E-state index contributed by atoms with van der Waals surface area (Å²) < 4.78 is 16.1. The Morgan fingerprint density at radius 3 is 1.09 bits per heavy atom. The number of nitrogens with one attached hydrogen (secondary N) is 2. The molecule has 17 heteroatoms. The number of ether oxygens (including phenoxy) is 3. The average Bonchev–Trinajstić information content (AvgIpc) is 2.74. The smallest absolute Gasteiger partial charge is 0.246 e. The molecule has 3 aliphatic rings. The molecule has 0 radical (unpaired) electrons. The van der Waals surface area contributed by atoms with Gasteiger partial charge in [-0.2, -0.15) is 0 Å². The van der Waals surface area contributed by atoms with Gasteiger partial charge in [0.15, 0.2) is 0 Å². The first-order chi connectivity index (χ1) is 42.1. The Morgan fingerprint density at radius 2 is 0.739 bits per heavy atom. The molecule has 3 aromatic rings. The van der Waals surface area contributed by atoms with Crippen LogP contribution in [-0.4, -0.2) is 190 Å². The zero-order valence-corrected chi connectivity index (χ0v) is 55.6. The highest BCUT2D eigenvalue weighted by atomic mass is 16.5. The molecule has 0 aliphatic carbocycles. The van der Waals surface area contributed by atoms with Crippen LogP contribution in [0.25, 0.3) is 18.2 Å². The number of rotatable bonds is 28. The number of hydrogen-bond acceptors (Lipinski definition) is 11. The van der Waals surface area contributed by atoms with Crippen molar-refractivity contribution in [2.45, 2.75) is 127 Å². The Labute approximate surface area is 528 Å². The highest BCUT2D eigenvalue weighted by Crippen LogP contribution is 2.26. The Hall–Kier alpha value is -6.98. The number of carbonyl (C=O) groups is 6. The normalized spacial score (nSPS) is 15.3. The first-order valence-corrected chi connectivity index (χ1v) is 32.3. The summed E-state index contributed by atoms with van der Waals surface area (Å²) in [7, 11) is 3.25. The van der Waals surface area contributed by atoms with Crippen LogP contribution in [0, 0.1) is 16.2 Å². The molecule has 3 aromatic carbocycles. The van der Waals surface area contributed by atoms with Gasteiger partial charge in [0.25, 0.3) is 0 Å². The van der Waals surface area contributed by atoms with Crippen LogP contribution < -0.4 is 24.8 Å². The summed E-state index contributed by atoms with van der Waals surface area (Å²) in [5, 5.41) is 5.88. The molecule has 0 unspecified atom stereocenters. The fourth-order valence-electron chi connectivity index (χ4n) is 9.80. The first-order valence-electron chi connectivity index (χ1n) is 32.3. The standard InChI is InChI=1S/C29H47N3O3.C22H33N3O3.C20H28N2O3/c1-5-7-8-9-10-11-24-35-26-15-12-25(13-16-26)14-17-27(33)30-18-19-31-20-22-32(23-21-31)28(34)29(3,4)6-2;1-5-22(2,3)21(27)25-16-14-24(15-17-25)13-12-23-20(26)11-8-18-6-9-19(28-4)10-7-18;1-5-20(2,3)19(24)22-14-12-21(13-15-22)18(23)11-8-16-6-9-17(25-4)10-7-16/h12-17H,5-11,18-24H2,1-4H3,(H,30,33);6-11H,5,12-17H2,1-4H3,(H,23,26);6-11H,5,12-15H2,1-4H3/b17-14+;2*11-8+. The number of amides is 6. The molecule has 0 bridgehead atoms.